The molecule has 1 heterocycles. The van der Waals surface area contributed by atoms with Crippen LogP contribution in [-0.4, -0.2) is 41.7 Å². The quantitative estimate of drug-likeness (QED) is 0.0337. The van der Waals surface area contributed by atoms with E-state index in [2.05, 4.69) is 24.1 Å². The smallest absolute Gasteiger partial charge is 0.257 e. The number of halogens is 5. The summed E-state index contributed by atoms with van der Waals surface area (Å²) in [6.45, 7) is 7.04. The Bertz CT molecular complexity index is 1860. The maximum absolute atomic E-state index is 14.3. The molecule has 320 valence electrons. The molecule has 0 aromatic heterocycles. The molecule has 0 unspecified atom stereocenters. The van der Waals surface area contributed by atoms with Gasteiger partial charge in [-0.2, -0.15) is 0 Å². The van der Waals surface area contributed by atoms with Crippen molar-refractivity contribution >= 4 is 5.91 Å². The number of benzene rings is 4. The van der Waals surface area contributed by atoms with Gasteiger partial charge in [0.1, 0.15) is 5.56 Å². The zero-order chi connectivity index (χ0) is 42.1. The van der Waals surface area contributed by atoms with Crippen LogP contribution in [0.3, 0.4) is 0 Å². The van der Waals surface area contributed by atoms with Crippen molar-refractivity contribution in [3.05, 3.63) is 130 Å². The van der Waals surface area contributed by atoms with Crippen LogP contribution in [0.4, 0.5) is 22.0 Å². The monoisotopic (exact) mass is 822 g/mol. The first-order chi connectivity index (χ1) is 28.6. The fourth-order valence-electron chi connectivity index (χ4n) is 7.69. The van der Waals surface area contributed by atoms with Crippen LogP contribution in [0, 0.1) is 29.1 Å². The average Bonchev–Trinajstić information content (AvgIpc) is 3.26. The Labute approximate surface area is 346 Å². The lowest BCUT2D eigenvalue weighted by Crippen LogP contribution is -2.40. The van der Waals surface area contributed by atoms with Gasteiger partial charge in [-0.25, -0.2) is 22.0 Å². The van der Waals surface area contributed by atoms with Crippen LogP contribution in [0.5, 0.6) is 0 Å². The highest BCUT2D eigenvalue weighted by molar-refractivity contribution is 5.95. The second kappa shape index (κ2) is 23.6. The summed E-state index contributed by atoms with van der Waals surface area (Å²) in [7, 11) is 0. The second-order valence-corrected chi connectivity index (χ2v) is 15.6. The third-order valence-electron chi connectivity index (χ3n) is 11.1. The maximum Gasteiger partial charge on any atom is 0.257 e. The lowest BCUT2D eigenvalue weighted by Gasteiger charge is -2.38. The molecule has 0 aliphatic carbocycles. The van der Waals surface area contributed by atoms with E-state index in [9.17, 15) is 31.9 Å². The summed E-state index contributed by atoms with van der Waals surface area (Å²) in [5.41, 5.74) is 3.13. The van der Waals surface area contributed by atoms with Crippen LogP contribution >= 0.6 is 0 Å². The van der Waals surface area contributed by atoms with Gasteiger partial charge in [-0.05, 0) is 53.7 Å². The molecule has 0 bridgehead atoms. The lowest BCUT2D eigenvalue weighted by molar-refractivity contribution is -0.253. The summed E-state index contributed by atoms with van der Waals surface area (Å²) in [4.78, 5) is 15.3. The topological polar surface area (TPSA) is 71.0 Å². The van der Waals surface area contributed by atoms with Crippen molar-refractivity contribution in [2.24, 2.45) is 0 Å². The second-order valence-electron chi connectivity index (χ2n) is 15.6. The van der Waals surface area contributed by atoms with Gasteiger partial charge >= 0.3 is 0 Å². The van der Waals surface area contributed by atoms with E-state index in [1.165, 1.54) is 64.2 Å². The predicted molar refractivity (Wildman–Crippen MR) is 221 cm³/mol. The van der Waals surface area contributed by atoms with Crippen molar-refractivity contribution in [2.75, 3.05) is 19.6 Å². The molecule has 6 nitrogen and oxygen atoms in total. The Kier molecular flexibility index (Phi) is 18.4. The summed E-state index contributed by atoms with van der Waals surface area (Å²) in [5, 5.41) is 12.0. The number of aliphatic hydroxyl groups excluding tert-OH is 1. The molecule has 1 aliphatic heterocycles. The Morgan fingerprint density at radius 1 is 0.678 bits per heavy atom. The first-order valence-electron chi connectivity index (χ1n) is 21.4. The molecular weight excluding hydrogens is 764 g/mol. The van der Waals surface area contributed by atoms with Gasteiger partial charge in [-0.3, -0.25) is 4.79 Å². The van der Waals surface area contributed by atoms with E-state index < -0.39 is 46.8 Å². The van der Waals surface area contributed by atoms with Gasteiger partial charge in [0.05, 0.1) is 18.8 Å². The van der Waals surface area contributed by atoms with Gasteiger partial charge in [0, 0.05) is 25.1 Å². The molecule has 1 saturated heterocycles. The SMILES string of the molecule is CCCCCCCCN(CCCCCCCC)C[C@H]1C[C@@H](c2ccc(CO)cc2)O[C@@H](c2ccc(-c3ccccc3CNC(=O)c3c(F)c(F)c(F)c(F)c3F)cc2)O1. The molecule has 59 heavy (non-hydrogen) atoms. The Balaban J connectivity index is 1.32. The largest absolute Gasteiger partial charge is 0.392 e. The predicted octanol–water partition coefficient (Wildman–Crippen LogP) is 12.0. The number of nitrogens with zero attached hydrogens (tertiary/aromatic N) is 1. The average molecular weight is 823 g/mol. The van der Waals surface area contributed by atoms with Gasteiger partial charge in [0.25, 0.3) is 5.91 Å². The molecule has 11 heteroatoms. The number of nitrogens with one attached hydrogen (secondary N) is 1. The molecule has 4 aromatic rings. The Morgan fingerprint density at radius 2 is 1.22 bits per heavy atom. The summed E-state index contributed by atoms with van der Waals surface area (Å²) in [5.74, 6) is -12.5. The van der Waals surface area contributed by atoms with Crippen molar-refractivity contribution < 1.29 is 41.3 Å². The van der Waals surface area contributed by atoms with Crippen LogP contribution < -0.4 is 5.32 Å². The molecule has 1 amide bonds. The molecular formula is C48H59F5N2O4. The highest BCUT2D eigenvalue weighted by Crippen LogP contribution is 2.39. The number of aliphatic hydroxyl groups is 1. The minimum Gasteiger partial charge on any atom is -0.392 e. The van der Waals surface area contributed by atoms with Gasteiger partial charge < -0.3 is 24.8 Å². The van der Waals surface area contributed by atoms with Crippen molar-refractivity contribution in [2.45, 2.75) is 129 Å². The molecule has 1 aliphatic rings. The first-order valence-corrected chi connectivity index (χ1v) is 21.4. The maximum atomic E-state index is 14.3. The Morgan fingerprint density at radius 3 is 1.81 bits per heavy atom. The molecule has 1 fully saturated rings. The Hall–Kier alpha value is -4.16. The summed E-state index contributed by atoms with van der Waals surface area (Å²) in [6.07, 6.45) is 14.5. The van der Waals surface area contributed by atoms with Crippen LogP contribution in [0.25, 0.3) is 11.1 Å². The van der Waals surface area contributed by atoms with Crippen molar-refractivity contribution in [1.82, 2.24) is 10.2 Å². The number of ether oxygens (including phenoxy) is 2. The summed E-state index contributed by atoms with van der Waals surface area (Å²) in [6, 6.07) is 22.5. The van der Waals surface area contributed by atoms with Crippen LogP contribution in [0.15, 0.2) is 72.8 Å². The molecule has 0 spiro atoms. The molecule has 5 rings (SSSR count). The minimum atomic E-state index is -2.33. The fourth-order valence-corrected chi connectivity index (χ4v) is 7.69. The number of rotatable bonds is 23. The van der Waals surface area contributed by atoms with Gasteiger partial charge in [0.2, 0.25) is 5.82 Å². The fraction of sp³-hybridized carbons (Fsp3) is 0.479. The highest BCUT2D eigenvalue weighted by Gasteiger charge is 2.34. The van der Waals surface area contributed by atoms with E-state index in [1.807, 2.05) is 54.6 Å². The van der Waals surface area contributed by atoms with Crippen molar-refractivity contribution in [3.8, 4) is 11.1 Å². The summed E-state index contributed by atoms with van der Waals surface area (Å²) < 4.78 is 83.2. The van der Waals surface area contributed by atoms with Crippen LogP contribution in [0.1, 0.15) is 142 Å². The van der Waals surface area contributed by atoms with Crippen LogP contribution in [-0.2, 0) is 22.6 Å². The number of amides is 1. The molecule has 0 saturated carbocycles. The van der Waals surface area contributed by atoms with E-state index in [0.29, 0.717) is 17.5 Å². The third-order valence-corrected chi connectivity index (χ3v) is 11.1. The third kappa shape index (κ3) is 12.9. The van der Waals surface area contributed by atoms with E-state index in [0.717, 1.165) is 54.7 Å². The van der Waals surface area contributed by atoms with Gasteiger partial charge in [0.15, 0.2) is 29.6 Å². The van der Waals surface area contributed by atoms with E-state index in [4.69, 9.17) is 9.47 Å². The van der Waals surface area contributed by atoms with E-state index in [-0.39, 0.29) is 25.4 Å². The van der Waals surface area contributed by atoms with E-state index in [1.54, 1.807) is 18.2 Å². The zero-order valence-electron chi connectivity index (χ0n) is 34.4. The molecule has 4 aromatic carbocycles. The van der Waals surface area contributed by atoms with Crippen LogP contribution in [0.2, 0.25) is 0 Å². The standard InChI is InChI=1S/C48H59F5N2O4/c1-3-5-7-9-11-15-27-55(28-16-12-10-8-6-4-2)31-38-29-40(35-21-19-33(32-56)20-22-35)59-48(58-38)36-25-23-34(24-26-36)39-18-14-13-17-37(39)30-54-47(57)41-42(49)44(51)46(53)45(52)43(41)50/h13-14,17-26,38,40,48,56H,3-12,15-16,27-32H2,1-2H3,(H,54,57)/t38-,40+,48+/m1/s1. The van der Waals surface area contributed by atoms with Gasteiger partial charge in [-0.15, -0.1) is 0 Å². The molecule has 0 radical (unpaired) electrons. The summed E-state index contributed by atoms with van der Waals surface area (Å²) >= 11 is 0. The number of carbonyl (C=O) groups is 1. The normalized spacial score (nSPS) is 16.8. The zero-order valence-corrected chi connectivity index (χ0v) is 34.4. The number of hydrogen-bond donors (Lipinski definition) is 2. The lowest BCUT2D eigenvalue weighted by atomic mass is 9.97. The molecule has 3 atom stereocenters. The van der Waals surface area contributed by atoms with Crippen molar-refractivity contribution in [3.63, 3.8) is 0 Å². The molecule has 2 N–H and O–H groups in total. The first kappa shape index (κ1) is 45.9. The minimum absolute atomic E-state index is 0.0425. The van der Waals surface area contributed by atoms with E-state index >= 15 is 0 Å². The number of carbonyl (C=O) groups excluding carboxylic acids is 1. The highest BCUT2D eigenvalue weighted by atomic mass is 19.2. The van der Waals surface area contributed by atoms with Crippen molar-refractivity contribution in [1.29, 1.82) is 0 Å². The number of hydrogen-bond acceptors (Lipinski definition) is 5. The number of unbranched alkanes of at least 4 members (excludes halogenated alkanes) is 10. The van der Waals surface area contributed by atoms with Gasteiger partial charge in [-0.1, -0.05) is 151 Å².